The second-order valence-corrected chi connectivity index (χ2v) is 3.63. The van der Waals surface area contributed by atoms with Gasteiger partial charge in [0.05, 0.1) is 0 Å². The molecule has 0 heterocycles. The smallest absolute Gasteiger partial charge is 0.251 e. The Morgan fingerprint density at radius 2 is 2.20 bits per heavy atom. The van der Waals surface area contributed by atoms with Gasteiger partial charge in [0.25, 0.3) is 5.91 Å². The second kappa shape index (κ2) is 4.89. The minimum atomic E-state index is -0.430. The van der Waals surface area contributed by atoms with Crippen LogP contribution < -0.4 is 11.1 Å². The summed E-state index contributed by atoms with van der Waals surface area (Å²) in [5.41, 5.74) is 6.43. The van der Waals surface area contributed by atoms with Crippen molar-refractivity contribution in [2.75, 3.05) is 0 Å². The zero-order valence-corrected chi connectivity index (χ0v) is 8.88. The van der Waals surface area contributed by atoms with E-state index in [1.54, 1.807) is 0 Å². The van der Waals surface area contributed by atoms with Crippen LogP contribution in [-0.4, -0.2) is 11.9 Å². The van der Waals surface area contributed by atoms with Gasteiger partial charge in [-0.25, -0.2) is 4.39 Å². The SMILES string of the molecule is CC(C)NC(=O)c1cc(F)ccc1CN. The lowest BCUT2D eigenvalue weighted by atomic mass is 10.1. The van der Waals surface area contributed by atoms with Crippen LogP contribution >= 0.6 is 0 Å². The number of amides is 1. The van der Waals surface area contributed by atoms with E-state index < -0.39 is 5.82 Å². The van der Waals surface area contributed by atoms with Crippen molar-refractivity contribution >= 4 is 5.91 Å². The molecule has 1 rings (SSSR count). The van der Waals surface area contributed by atoms with E-state index >= 15 is 0 Å². The molecule has 1 amide bonds. The van der Waals surface area contributed by atoms with Crippen molar-refractivity contribution in [2.45, 2.75) is 26.4 Å². The number of rotatable bonds is 3. The molecule has 1 aromatic rings. The molecular formula is C11H15FN2O. The quantitative estimate of drug-likeness (QED) is 0.792. The fourth-order valence-electron chi connectivity index (χ4n) is 1.28. The average Bonchev–Trinajstić information content (AvgIpc) is 2.16. The molecule has 1 aromatic carbocycles. The number of nitrogens with two attached hydrogens (primary N) is 1. The van der Waals surface area contributed by atoms with Crippen LogP contribution in [0, 0.1) is 5.82 Å². The van der Waals surface area contributed by atoms with Gasteiger partial charge in [-0.05, 0) is 31.5 Å². The molecule has 0 spiro atoms. The Morgan fingerprint density at radius 3 is 2.73 bits per heavy atom. The molecule has 3 N–H and O–H groups in total. The molecular weight excluding hydrogens is 195 g/mol. The molecule has 0 fully saturated rings. The second-order valence-electron chi connectivity index (χ2n) is 3.63. The van der Waals surface area contributed by atoms with E-state index in [0.717, 1.165) is 0 Å². The molecule has 3 nitrogen and oxygen atoms in total. The fourth-order valence-corrected chi connectivity index (χ4v) is 1.28. The van der Waals surface area contributed by atoms with Gasteiger partial charge in [0, 0.05) is 18.2 Å². The summed E-state index contributed by atoms with van der Waals surface area (Å²) < 4.78 is 13.0. The van der Waals surface area contributed by atoms with Gasteiger partial charge in [-0.1, -0.05) is 6.07 Å². The number of benzene rings is 1. The third kappa shape index (κ3) is 3.02. The Kier molecular flexibility index (Phi) is 3.80. The molecule has 0 unspecified atom stereocenters. The largest absolute Gasteiger partial charge is 0.350 e. The maximum Gasteiger partial charge on any atom is 0.251 e. The highest BCUT2D eigenvalue weighted by molar-refractivity contribution is 5.95. The minimum absolute atomic E-state index is 0.0198. The highest BCUT2D eigenvalue weighted by Crippen LogP contribution is 2.11. The molecule has 4 heteroatoms. The molecule has 0 aromatic heterocycles. The minimum Gasteiger partial charge on any atom is -0.350 e. The number of carbonyl (C=O) groups is 1. The molecule has 0 saturated carbocycles. The number of hydrogen-bond acceptors (Lipinski definition) is 2. The zero-order valence-electron chi connectivity index (χ0n) is 8.88. The number of nitrogens with one attached hydrogen (secondary N) is 1. The van der Waals surface area contributed by atoms with Gasteiger partial charge >= 0.3 is 0 Å². The Labute approximate surface area is 88.5 Å². The van der Waals surface area contributed by atoms with Crippen molar-refractivity contribution in [1.29, 1.82) is 0 Å². The number of hydrogen-bond donors (Lipinski definition) is 2. The third-order valence-electron chi connectivity index (χ3n) is 1.96. The van der Waals surface area contributed by atoms with Gasteiger partial charge in [0.1, 0.15) is 5.82 Å². The standard InChI is InChI=1S/C11H15FN2O/c1-7(2)14-11(15)10-5-9(12)4-3-8(10)6-13/h3-5,7H,6,13H2,1-2H3,(H,14,15). The Balaban J connectivity index is 3.00. The summed E-state index contributed by atoms with van der Waals surface area (Å²) in [6, 6.07) is 4.06. The summed E-state index contributed by atoms with van der Waals surface area (Å²) in [7, 11) is 0. The van der Waals surface area contributed by atoms with Crippen molar-refractivity contribution in [3.8, 4) is 0 Å². The molecule has 0 aliphatic heterocycles. The monoisotopic (exact) mass is 210 g/mol. The number of halogens is 1. The lowest BCUT2D eigenvalue weighted by molar-refractivity contribution is 0.0941. The van der Waals surface area contributed by atoms with Gasteiger partial charge in [0.2, 0.25) is 0 Å². The van der Waals surface area contributed by atoms with Crippen LogP contribution in [0.15, 0.2) is 18.2 Å². The van der Waals surface area contributed by atoms with Crippen molar-refractivity contribution in [3.05, 3.63) is 35.1 Å². The molecule has 15 heavy (non-hydrogen) atoms. The third-order valence-corrected chi connectivity index (χ3v) is 1.96. The highest BCUT2D eigenvalue weighted by Gasteiger charge is 2.12. The Morgan fingerprint density at radius 1 is 1.53 bits per heavy atom. The van der Waals surface area contributed by atoms with Gasteiger partial charge in [-0.2, -0.15) is 0 Å². The van der Waals surface area contributed by atoms with E-state index in [9.17, 15) is 9.18 Å². The summed E-state index contributed by atoms with van der Waals surface area (Å²) in [5, 5.41) is 2.70. The van der Waals surface area contributed by atoms with Gasteiger partial charge < -0.3 is 11.1 Å². The summed E-state index contributed by atoms with van der Waals surface area (Å²) in [5.74, 6) is -0.717. The van der Waals surface area contributed by atoms with Crippen molar-refractivity contribution < 1.29 is 9.18 Å². The van der Waals surface area contributed by atoms with Gasteiger partial charge in [0.15, 0.2) is 0 Å². The Hall–Kier alpha value is -1.42. The van der Waals surface area contributed by atoms with Crippen LogP contribution in [0.4, 0.5) is 4.39 Å². The van der Waals surface area contributed by atoms with Crippen LogP contribution in [0.25, 0.3) is 0 Å². The van der Waals surface area contributed by atoms with E-state index in [1.807, 2.05) is 13.8 Å². The van der Waals surface area contributed by atoms with Gasteiger partial charge in [-0.15, -0.1) is 0 Å². The first-order chi connectivity index (χ1) is 7.04. The van der Waals surface area contributed by atoms with Crippen LogP contribution in [0.1, 0.15) is 29.8 Å². The van der Waals surface area contributed by atoms with Crippen LogP contribution in [0.3, 0.4) is 0 Å². The number of carbonyl (C=O) groups excluding carboxylic acids is 1. The van der Waals surface area contributed by atoms with E-state index in [-0.39, 0.29) is 18.5 Å². The first-order valence-electron chi connectivity index (χ1n) is 4.84. The topological polar surface area (TPSA) is 55.1 Å². The molecule has 82 valence electrons. The first kappa shape index (κ1) is 11.7. The van der Waals surface area contributed by atoms with Crippen molar-refractivity contribution in [3.63, 3.8) is 0 Å². The summed E-state index contributed by atoms with van der Waals surface area (Å²) in [6.45, 7) is 3.92. The molecule has 0 saturated heterocycles. The first-order valence-corrected chi connectivity index (χ1v) is 4.84. The summed E-state index contributed by atoms with van der Waals surface area (Å²) >= 11 is 0. The molecule has 0 aliphatic rings. The molecule has 0 radical (unpaired) electrons. The van der Waals surface area contributed by atoms with E-state index in [1.165, 1.54) is 18.2 Å². The maximum atomic E-state index is 13.0. The predicted molar refractivity (Wildman–Crippen MR) is 56.9 cm³/mol. The van der Waals surface area contributed by atoms with E-state index in [2.05, 4.69) is 5.32 Å². The molecule has 0 aliphatic carbocycles. The summed E-state index contributed by atoms with van der Waals surface area (Å²) in [4.78, 5) is 11.7. The zero-order chi connectivity index (χ0) is 11.4. The lowest BCUT2D eigenvalue weighted by Crippen LogP contribution is -2.31. The van der Waals surface area contributed by atoms with Crippen LogP contribution in [0.2, 0.25) is 0 Å². The highest BCUT2D eigenvalue weighted by atomic mass is 19.1. The van der Waals surface area contributed by atoms with Crippen LogP contribution in [0.5, 0.6) is 0 Å². The van der Waals surface area contributed by atoms with Crippen molar-refractivity contribution in [1.82, 2.24) is 5.32 Å². The van der Waals surface area contributed by atoms with Crippen LogP contribution in [-0.2, 0) is 6.54 Å². The molecule has 0 bridgehead atoms. The summed E-state index contributed by atoms with van der Waals surface area (Å²) in [6.07, 6.45) is 0. The van der Waals surface area contributed by atoms with E-state index in [0.29, 0.717) is 11.1 Å². The molecule has 0 atom stereocenters. The average molecular weight is 210 g/mol. The fraction of sp³-hybridized carbons (Fsp3) is 0.364. The lowest BCUT2D eigenvalue weighted by Gasteiger charge is -2.11. The maximum absolute atomic E-state index is 13.0. The predicted octanol–water partition coefficient (Wildman–Crippen LogP) is 1.42. The Bertz CT molecular complexity index is 364. The normalized spacial score (nSPS) is 10.5. The van der Waals surface area contributed by atoms with Crippen molar-refractivity contribution in [2.24, 2.45) is 5.73 Å². The van der Waals surface area contributed by atoms with E-state index in [4.69, 9.17) is 5.73 Å². The van der Waals surface area contributed by atoms with Gasteiger partial charge in [-0.3, -0.25) is 4.79 Å².